The predicted molar refractivity (Wildman–Crippen MR) is 157 cm³/mol. The summed E-state index contributed by atoms with van der Waals surface area (Å²) in [6, 6.07) is 20.3. The minimum Gasteiger partial charge on any atom is -0.493 e. The van der Waals surface area contributed by atoms with Crippen LogP contribution in [0, 0.1) is 0 Å². The Kier molecular flexibility index (Phi) is 9.41. The minimum absolute atomic E-state index is 0.0260. The summed E-state index contributed by atoms with van der Waals surface area (Å²) in [6.07, 6.45) is 3.89. The fourth-order valence-corrected chi connectivity index (χ4v) is 5.89. The molecular formula is C33H38N2O6. The maximum Gasteiger partial charge on any atom is 0.407 e. The number of rotatable bonds is 12. The van der Waals surface area contributed by atoms with E-state index in [0.29, 0.717) is 23.7 Å². The van der Waals surface area contributed by atoms with Crippen LogP contribution in [0.4, 0.5) is 4.79 Å². The number of piperidine rings is 1. The summed E-state index contributed by atoms with van der Waals surface area (Å²) >= 11 is 0. The summed E-state index contributed by atoms with van der Waals surface area (Å²) in [5, 5.41) is 12.5. The van der Waals surface area contributed by atoms with Crippen LogP contribution in [0.5, 0.6) is 11.5 Å². The Hall–Kier alpha value is -4.04. The van der Waals surface area contributed by atoms with Crippen LogP contribution in [0.2, 0.25) is 0 Å². The number of carboxylic acid groups (broad SMARTS) is 1. The number of amides is 1. The van der Waals surface area contributed by atoms with Crippen molar-refractivity contribution in [3.8, 4) is 22.6 Å². The van der Waals surface area contributed by atoms with E-state index in [1.54, 1.807) is 25.3 Å². The highest BCUT2D eigenvalue weighted by atomic mass is 16.5. The fourth-order valence-electron chi connectivity index (χ4n) is 5.89. The summed E-state index contributed by atoms with van der Waals surface area (Å²) in [6.45, 7) is 3.81. The second-order valence-electron chi connectivity index (χ2n) is 10.6. The van der Waals surface area contributed by atoms with Gasteiger partial charge in [0.15, 0.2) is 11.5 Å². The van der Waals surface area contributed by atoms with E-state index in [1.807, 2.05) is 36.4 Å². The molecule has 0 aromatic heterocycles. The number of hydrogen-bond donors (Lipinski definition) is 2. The van der Waals surface area contributed by atoms with Crippen molar-refractivity contribution in [2.45, 2.75) is 44.1 Å². The Morgan fingerprint density at radius 1 is 0.951 bits per heavy atom. The molecule has 0 radical (unpaired) electrons. The van der Waals surface area contributed by atoms with Gasteiger partial charge in [0, 0.05) is 24.4 Å². The SMILES string of the molecule is COc1cccc(CC(NC(=O)OCC2c3ccccc3-c3ccccc32)C(=O)O)c1OCCCN1CCCCC1. The highest BCUT2D eigenvalue weighted by molar-refractivity contribution is 5.81. The number of nitrogens with one attached hydrogen (secondary N) is 1. The summed E-state index contributed by atoms with van der Waals surface area (Å²) in [5.41, 5.74) is 5.09. The molecule has 0 bridgehead atoms. The largest absolute Gasteiger partial charge is 0.493 e. The van der Waals surface area contributed by atoms with Crippen LogP contribution in [-0.4, -0.2) is 68.1 Å². The molecule has 3 aromatic rings. The van der Waals surface area contributed by atoms with Gasteiger partial charge >= 0.3 is 12.1 Å². The van der Waals surface area contributed by atoms with Gasteiger partial charge in [0.2, 0.25) is 0 Å². The van der Waals surface area contributed by atoms with Gasteiger partial charge in [0.25, 0.3) is 0 Å². The van der Waals surface area contributed by atoms with Crippen LogP contribution in [0.3, 0.4) is 0 Å². The number of nitrogens with zero attached hydrogens (tertiary/aromatic N) is 1. The minimum atomic E-state index is -1.20. The third kappa shape index (κ3) is 6.82. The van der Waals surface area contributed by atoms with E-state index in [0.717, 1.165) is 48.3 Å². The van der Waals surface area contributed by atoms with Gasteiger partial charge in [0.05, 0.1) is 13.7 Å². The molecule has 1 saturated heterocycles. The molecule has 1 heterocycles. The first-order chi connectivity index (χ1) is 20.0. The van der Waals surface area contributed by atoms with Crippen molar-refractivity contribution in [1.82, 2.24) is 10.2 Å². The van der Waals surface area contributed by atoms with Crippen LogP contribution in [0.25, 0.3) is 11.1 Å². The van der Waals surface area contributed by atoms with Crippen molar-refractivity contribution in [3.63, 3.8) is 0 Å². The van der Waals surface area contributed by atoms with Crippen molar-refractivity contribution < 1.29 is 28.9 Å². The van der Waals surface area contributed by atoms with E-state index in [2.05, 4.69) is 22.3 Å². The molecule has 216 valence electrons. The first-order valence-electron chi connectivity index (χ1n) is 14.4. The van der Waals surface area contributed by atoms with Crippen LogP contribution in [0.15, 0.2) is 66.7 Å². The molecule has 41 heavy (non-hydrogen) atoms. The maximum absolute atomic E-state index is 12.8. The zero-order chi connectivity index (χ0) is 28.6. The molecule has 1 aliphatic heterocycles. The lowest BCUT2D eigenvalue weighted by molar-refractivity contribution is -0.139. The normalized spacial score (nSPS) is 15.4. The van der Waals surface area contributed by atoms with Gasteiger partial charge in [-0.2, -0.15) is 0 Å². The Morgan fingerprint density at radius 2 is 1.63 bits per heavy atom. The second-order valence-corrected chi connectivity index (χ2v) is 10.6. The lowest BCUT2D eigenvalue weighted by Gasteiger charge is -2.26. The zero-order valence-corrected chi connectivity index (χ0v) is 23.5. The number of aliphatic carboxylic acids is 1. The summed E-state index contributed by atoms with van der Waals surface area (Å²) < 4.78 is 17.2. The molecule has 0 saturated carbocycles. The van der Waals surface area contributed by atoms with Crippen molar-refractivity contribution in [2.24, 2.45) is 0 Å². The number of carboxylic acids is 1. The van der Waals surface area contributed by atoms with Crippen molar-refractivity contribution in [3.05, 3.63) is 83.4 Å². The molecule has 0 spiro atoms. The van der Waals surface area contributed by atoms with Crippen LogP contribution in [0.1, 0.15) is 48.3 Å². The molecule has 1 atom stereocenters. The Labute approximate surface area is 241 Å². The van der Waals surface area contributed by atoms with E-state index >= 15 is 0 Å². The second kappa shape index (κ2) is 13.5. The van der Waals surface area contributed by atoms with Crippen LogP contribution >= 0.6 is 0 Å². The number of fused-ring (bicyclic) bond motifs is 3. The zero-order valence-electron chi connectivity index (χ0n) is 23.5. The quantitative estimate of drug-likeness (QED) is 0.284. The highest BCUT2D eigenvalue weighted by Gasteiger charge is 2.30. The molecule has 1 aliphatic carbocycles. The van der Waals surface area contributed by atoms with Crippen molar-refractivity contribution >= 4 is 12.1 Å². The number of carbonyl (C=O) groups is 2. The standard InChI is InChI=1S/C33H38N2O6/c1-39-30-16-9-11-23(31(30)40-20-10-19-35-17-7-2-8-18-35)21-29(32(36)37)34-33(38)41-22-28-26-14-5-3-12-24(26)25-13-4-6-15-27(25)28/h3-6,9,11-16,28-29H,2,7-8,10,17-22H2,1H3,(H,34,38)(H,36,37). The molecule has 8 heteroatoms. The molecule has 2 aliphatic rings. The number of para-hydroxylation sites is 1. The van der Waals surface area contributed by atoms with E-state index in [1.165, 1.54) is 19.3 Å². The summed E-state index contributed by atoms with van der Waals surface area (Å²) in [7, 11) is 1.56. The number of likely N-dealkylation sites (tertiary alicyclic amines) is 1. The molecule has 3 aromatic carbocycles. The molecule has 8 nitrogen and oxygen atoms in total. The van der Waals surface area contributed by atoms with E-state index in [4.69, 9.17) is 14.2 Å². The average Bonchev–Trinajstić information content (AvgIpc) is 3.32. The molecular weight excluding hydrogens is 520 g/mol. The fraction of sp³-hybridized carbons (Fsp3) is 0.394. The van der Waals surface area contributed by atoms with E-state index in [-0.39, 0.29) is 18.9 Å². The molecule has 2 N–H and O–H groups in total. The van der Waals surface area contributed by atoms with E-state index in [9.17, 15) is 14.7 Å². The number of alkyl carbamates (subject to hydrolysis) is 1. The lowest BCUT2D eigenvalue weighted by Crippen LogP contribution is -2.43. The number of methoxy groups -OCH3 is 1. The van der Waals surface area contributed by atoms with Gasteiger partial charge < -0.3 is 29.5 Å². The van der Waals surface area contributed by atoms with Gasteiger partial charge in [-0.15, -0.1) is 0 Å². The van der Waals surface area contributed by atoms with Gasteiger partial charge in [-0.1, -0.05) is 67.1 Å². The molecule has 1 unspecified atom stereocenters. The summed E-state index contributed by atoms with van der Waals surface area (Å²) in [5.74, 6) is -0.225. The van der Waals surface area contributed by atoms with Gasteiger partial charge in [0.1, 0.15) is 12.6 Å². The predicted octanol–water partition coefficient (Wildman–Crippen LogP) is 5.48. The smallest absolute Gasteiger partial charge is 0.407 e. The topological polar surface area (TPSA) is 97.3 Å². The number of carbonyl (C=O) groups excluding carboxylic acids is 1. The highest BCUT2D eigenvalue weighted by Crippen LogP contribution is 2.44. The van der Waals surface area contributed by atoms with E-state index < -0.39 is 18.1 Å². The monoisotopic (exact) mass is 558 g/mol. The number of ether oxygens (including phenoxy) is 3. The molecule has 1 fully saturated rings. The lowest BCUT2D eigenvalue weighted by atomic mass is 9.98. The van der Waals surface area contributed by atoms with Gasteiger partial charge in [-0.05, 0) is 60.7 Å². The van der Waals surface area contributed by atoms with Crippen LogP contribution < -0.4 is 14.8 Å². The molecule has 5 rings (SSSR count). The summed E-state index contributed by atoms with van der Waals surface area (Å²) in [4.78, 5) is 27.5. The number of benzene rings is 3. The van der Waals surface area contributed by atoms with Crippen molar-refractivity contribution in [1.29, 1.82) is 0 Å². The molecule has 1 amide bonds. The maximum atomic E-state index is 12.8. The first-order valence-corrected chi connectivity index (χ1v) is 14.4. The Morgan fingerprint density at radius 3 is 2.29 bits per heavy atom. The first kappa shape index (κ1) is 28.5. The van der Waals surface area contributed by atoms with Crippen molar-refractivity contribution in [2.75, 3.05) is 40.0 Å². The van der Waals surface area contributed by atoms with Gasteiger partial charge in [-0.3, -0.25) is 0 Å². The van der Waals surface area contributed by atoms with Gasteiger partial charge in [-0.25, -0.2) is 9.59 Å². The number of hydrogen-bond acceptors (Lipinski definition) is 6. The third-order valence-electron chi connectivity index (χ3n) is 7.95. The third-order valence-corrected chi connectivity index (χ3v) is 7.95. The Balaban J connectivity index is 1.20. The van der Waals surface area contributed by atoms with Crippen LogP contribution in [-0.2, 0) is 16.0 Å². The Bertz CT molecular complexity index is 1310. The average molecular weight is 559 g/mol.